The number of hydrogen-bond acceptors (Lipinski definition) is 6. The highest BCUT2D eigenvalue weighted by Crippen LogP contribution is 2.61. The van der Waals surface area contributed by atoms with Crippen molar-refractivity contribution in [1.82, 2.24) is 4.98 Å². The third kappa shape index (κ3) is 4.62. The molecule has 35 heavy (non-hydrogen) atoms. The maximum atomic E-state index is 13.6. The number of rotatable bonds is 5. The van der Waals surface area contributed by atoms with Gasteiger partial charge in [0.2, 0.25) is 12.3 Å². The van der Waals surface area contributed by atoms with Crippen LogP contribution < -0.4 is 20.3 Å². The van der Waals surface area contributed by atoms with E-state index in [0.717, 1.165) is 5.56 Å². The molecule has 5 rings (SSSR count). The SMILES string of the molecule is Cc1cc(OC(=O)c2ccc(N)cc2N2CC[C@@]3(C(F)F)C[C@H]3C2)nc(N2CCC(F)(F)CC2)c1. The molecule has 3 heterocycles. The molecule has 3 fully saturated rings. The van der Waals surface area contributed by atoms with E-state index in [1.807, 2.05) is 11.8 Å². The molecule has 3 aliphatic rings. The highest BCUT2D eigenvalue weighted by Gasteiger charge is 2.62. The number of nitrogens with zero attached hydrogens (tertiary/aromatic N) is 3. The van der Waals surface area contributed by atoms with Crippen molar-refractivity contribution in [3.63, 3.8) is 0 Å². The summed E-state index contributed by atoms with van der Waals surface area (Å²) in [5, 5.41) is 0. The summed E-state index contributed by atoms with van der Waals surface area (Å²) in [6.07, 6.45) is -2.00. The van der Waals surface area contributed by atoms with E-state index < -0.39 is 23.7 Å². The van der Waals surface area contributed by atoms with E-state index in [1.165, 1.54) is 0 Å². The van der Waals surface area contributed by atoms with Gasteiger partial charge < -0.3 is 20.3 Å². The summed E-state index contributed by atoms with van der Waals surface area (Å²) in [5.74, 6) is -2.88. The van der Waals surface area contributed by atoms with E-state index in [1.54, 1.807) is 35.2 Å². The lowest BCUT2D eigenvalue weighted by Crippen LogP contribution is -2.39. The molecule has 10 heteroatoms. The minimum Gasteiger partial charge on any atom is -0.404 e. The largest absolute Gasteiger partial charge is 0.404 e. The Kier molecular flexibility index (Phi) is 5.80. The third-order valence-corrected chi connectivity index (χ3v) is 7.53. The summed E-state index contributed by atoms with van der Waals surface area (Å²) in [6, 6.07) is 8.20. The number of aromatic nitrogens is 1. The van der Waals surface area contributed by atoms with Crippen LogP contribution in [0.2, 0.25) is 0 Å². The van der Waals surface area contributed by atoms with Gasteiger partial charge in [-0.3, -0.25) is 0 Å². The molecule has 2 atom stereocenters. The van der Waals surface area contributed by atoms with Gasteiger partial charge in [-0.2, -0.15) is 4.98 Å². The van der Waals surface area contributed by atoms with Gasteiger partial charge in [0.15, 0.2) is 0 Å². The average molecular weight is 493 g/mol. The molecule has 188 valence electrons. The molecule has 2 aliphatic heterocycles. The lowest BCUT2D eigenvalue weighted by atomic mass is 9.95. The van der Waals surface area contributed by atoms with Gasteiger partial charge in [-0.1, -0.05) is 0 Å². The number of anilines is 3. The third-order valence-electron chi connectivity index (χ3n) is 7.53. The maximum absolute atomic E-state index is 13.6. The normalized spacial score (nSPS) is 25.4. The molecule has 0 bridgehead atoms. The topological polar surface area (TPSA) is 71.7 Å². The fourth-order valence-corrected chi connectivity index (χ4v) is 5.28. The molecule has 2 saturated heterocycles. The Morgan fingerprint density at radius 3 is 2.51 bits per heavy atom. The number of pyridine rings is 1. The number of esters is 1. The summed E-state index contributed by atoms with van der Waals surface area (Å²) in [7, 11) is 0. The lowest BCUT2D eigenvalue weighted by Gasteiger charge is -2.34. The number of carbonyl (C=O) groups is 1. The van der Waals surface area contributed by atoms with E-state index >= 15 is 0 Å². The van der Waals surface area contributed by atoms with Gasteiger partial charge in [0, 0.05) is 56.2 Å². The number of nitrogens with two attached hydrogens (primary N) is 1. The van der Waals surface area contributed by atoms with Crippen LogP contribution in [-0.2, 0) is 0 Å². The first kappa shape index (κ1) is 23.7. The van der Waals surface area contributed by atoms with E-state index in [0.29, 0.717) is 43.1 Å². The van der Waals surface area contributed by atoms with Gasteiger partial charge in [-0.25, -0.2) is 22.4 Å². The van der Waals surface area contributed by atoms with E-state index in [9.17, 15) is 22.4 Å². The minimum absolute atomic E-state index is 0.0719. The highest BCUT2D eigenvalue weighted by molar-refractivity contribution is 5.98. The molecule has 1 aromatic carbocycles. The standard InChI is InChI=1S/C25H28F4N4O2/c1-15-10-20(32-8-5-25(28,29)6-9-32)31-21(11-15)35-22(34)18-3-2-17(30)12-19(18)33-7-4-24(23(26)27)13-16(24)14-33/h2-3,10-12,16,23H,4-9,13-14,30H2,1H3/t16-,24+/m0/s1. The Balaban J connectivity index is 1.34. The predicted molar refractivity (Wildman–Crippen MR) is 125 cm³/mol. The molecule has 0 spiro atoms. The summed E-state index contributed by atoms with van der Waals surface area (Å²) < 4.78 is 59.6. The first-order valence-electron chi connectivity index (χ1n) is 11.8. The molecule has 6 nitrogen and oxygen atoms in total. The number of ether oxygens (including phenoxy) is 1. The van der Waals surface area contributed by atoms with Crippen LogP contribution in [0.15, 0.2) is 30.3 Å². The van der Waals surface area contributed by atoms with Gasteiger partial charge in [0.1, 0.15) is 5.82 Å². The monoisotopic (exact) mass is 492 g/mol. The number of hydrogen-bond donors (Lipinski definition) is 1. The molecular formula is C25H28F4N4O2. The molecule has 1 aliphatic carbocycles. The van der Waals surface area contributed by atoms with Crippen LogP contribution in [0.3, 0.4) is 0 Å². The molecular weight excluding hydrogens is 464 g/mol. The quantitative estimate of drug-likeness (QED) is 0.363. The van der Waals surface area contributed by atoms with Crippen molar-refractivity contribution in [3.05, 3.63) is 41.5 Å². The second-order valence-corrected chi connectivity index (χ2v) is 9.98. The average Bonchev–Trinajstić information content (AvgIpc) is 3.54. The van der Waals surface area contributed by atoms with Crippen LogP contribution in [-0.4, -0.2) is 49.5 Å². The Morgan fingerprint density at radius 2 is 1.83 bits per heavy atom. The first-order valence-corrected chi connectivity index (χ1v) is 11.8. The minimum atomic E-state index is -2.68. The predicted octanol–water partition coefficient (Wildman–Crippen LogP) is 4.91. The molecule has 2 N–H and O–H groups in total. The fraction of sp³-hybridized carbons (Fsp3) is 0.520. The van der Waals surface area contributed by atoms with Crippen LogP contribution in [0.4, 0.5) is 34.8 Å². The summed E-state index contributed by atoms with van der Waals surface area (Å²) in [5.41, 5.74) is 7.14. The molecule has 1 saturated carbocycles. The molecule has 0 radical (unpaired) electrons. The van der Waals surface area contributed by atoms with Crippen molar-refractivity contribution in [1.29, 1.82) is 0 Å². The number of halogens is 4. The van der Waals surface area contributed by atoms with Gasteiger partial charge in [-0.05, 0) is 55.5 Å². The van der Waals surface area contributed by atoms with Crippen LogP contribution in [0.5, 0.6) is 5.88 Å². The van der Waals surface area contributed by atoms with Crippen molar-refractivity contribution in [3.8, 4) is 5.88 Å². The second kappa shape index (κ2) is 8.57. The van der Waals surface area contributed by atoms with Crippen molar-refractivity contribution < 1.29 is 27.1 Å². The number of nitrogen functional groups attached to an aromatic ring is 1. The molecule has 0 amide bonds. The van der Waals surface area contributed by atoms with Crippen molar-refractivity contribution >= 4 is 23.2 Å². The number of alkyl halides is 4. The fourth-order valence-electron chi connectivity index (χ4n) is 5.28. The Labute approximate surface area is 201 Å². The number of aryl methyl sites for hydroxylation is 1. The zero-order chi connectivity index (χ0) is 25.0. The van der Waals surface area contributed by atoms with Crippen LogP contribution in [0, 0.1) is 18.3 Å². The summed E-state index contributed by atoms with van der Waals surface area (Å²) in [6.45, 7) is 2.97. The number of carbonyl (C=O) groups excluding carboxylic acids is 1. The van der Waals surface area contributed by atoms with E-state index in [2.05, 4.69) is 4.98 Å². The zero-order valence-corrected chi connectivity index (χ0v) is 19.4. The molecule has 1 aromatic heterocycles. The van der Waals surface area contributed by atoms with Gasteiger partial charge in [0.25, 0.3) is 5.92 Å². The van der Waals surface area contributed by atoms with Crippen LogP contribution >= 0.6 is 0 Å². The first-order chi connectivity index (χ1) is 16.6. The molecule has 2 aromatic rings. The van der Waals surface area contributed by atoms with Gasteiger partial charge in [0.05, 0.1) is 11.3 Å². The Morgan fingerprint density at radius 1 is 1.11 bits per heavy atom. The maximum Gasteiger partial charge on any atom is 0.346 e. The highest BCUT2D eigenvalue weighted by atomic mass is 19.3. The smallest absolute Gasteiger partial charge is 0.346 e. The summed E-state index contributed by atoms with van der Waals surface area (Å²) >= 11 is 0. The summed E-state index contributed by atoms with van der Waals surface area (Å²) in [4.78, 5) is 21.3. The number of fused-ring (bicyclic) bond motifs is 1. The second-order valence-electron chi connectivity index (χ2n) is 9.98. The number of piperidine rings is 2. The van der Waals surface area contributed by atoms with Crippen LogP contribution in [0.25, 0.3) is 0 Å². The molecule has 0 unspecified atom stereocenters. The van der Waals surface area contributed by atoms with Crippen molar-refractivity contribution in [2.24, 2.45) is 11.3 Å². The van der Waals surface area contributed by atoms with Crippen molar-refractivity contribution in [2.75, 3.05) is 41.7 Å². The lowest BCUT2D eigenvalue weighted by molar-refractivity contribution is -0.0221. The number of benzene rings is 1. The van der Waals surface area contributed by atoms with Crippen molar-refractivity contribution in [2.45, 2.75) is 45.0 Å². The van der Waals surface area contributed by atoms with Gasteiger partial charge in [-0.15, -0.1) is 0 Å². The zero-order valence-electron chi connectivity index (χ0n) is 19.4. The Hall–Kier alpha value is -3.04. The Bertz CT molecular complexity index is 1130. The van der Waals surface area contributed by atoms with Gasteiger partial charge >= 0.3 is 5.97 Å². The van der Waals surface area contributed by atoms with Crippen LogP contribution in [0.1, 0.15) is 41.6 Å². The van der Waals surface area contributed by atoms with E-state index in [4.69, 9.17) is 10.5 Å². The van der Waals surface area contributed by atoms with E-state index in [-0.39, 0.29) is 43.3 Å².